The Morgan fingerprint density at radius 3 is 2.07 bits per heavy atom. The lowest BCUT2D eigenvalue weighted by atomic mass is 9.91. The third-order valence-corrected chi connectivity index (χ3v) is 6.80. The number of hydrogen-bond donors (Lipinski definition) is 0. The molecule has 1 atom stereocenters. The predicted octanol–water partition coefficient (Wildman–Crippen LogP) is 5.05. The smallest absolute Gasteiger partial charge is 0.264 e. The molecule has 0 spiro atoms. The molecule has 3 aromatic rings. The van der Waals surface area contributed by atoms with Gasteiger partial charge in [0.1, 0.15) is 5.82 Å². The van der Waals surface area contributed by atoms with Gasteiger partial charge in [-0.3, -0.25) is 4.31 Å². The molecule has 1 heterocycles. The van der Waals surface area contributed by atoms with E-state index in [4.69, 9.17) is 0 Å². The molecule has 0 radical (unpaired) electrons. The zero-order chi connectivity index (χ0) is 19.6. The lowest BCUT2D eigenvalue weighted by Gasteiger charge is -2.33. The number of hydrogen-bond acceptors (Lipinski definition) is 2. The maximum absolute atomic E-state index is 13.3. The molecule has 0 saturated heterocycles. The SMILES string of the molecule is O=S(=O)(c1ccc(F)cc1)N1CCC(c2ccccc2)C=C1c1ccccc1. The van der Waals surface area contributed by atoms with Crippen molar-refractivity contribution < 1.29 is 12.8 Å². The van der Waals surface area contributed by atoms with Crippen molar-refractivity contribution in [3.8, 4) is 0 Å². The molecule has 0 aliphatic carbocycles. The minimum Gasteiger partial charge on any atom is -0.266 e. The molecule has 0 N–H and O–H groups in total. The molecule has 0 saturated carbocycles. The molecular weight excluding hydrogens is 373 g/mol. The number of allylic oxidation sites excluding steroid dienone is 1. The molecule has 1 unspecified atom stereocenters. The average molecular weight is 393 g/mol. The van der Waals surface area contributed by atoms with Gasteiger partial charge in [0.05, 0.1) is 10.6 Å². The lowest BCUT2D eigenvalue weighted by molar-refractivity contribution is 0.476. The van der Waals surface area contributed by atoms with Gasteiger partial charge in [-0.2, -0.15) is 0 Å². The standard InChI is InChI=1S/C23H20FNO2S/c24-21-11-13-22(14-12-21)28(26,27)25-16-15-20(18-7-3-1-4-8-18)17-23(25)19-9-5-2-6-10-19/h1-14,17,20H,15-16H2. The van der Waals surface area contributed by atoms with Crippen LogP contribution >= 0.6 is 0 Å². The fourth-order valence-corrected chi connectivity index (χ4v) is 5.04. The Hall–Kier alpha value is -2.92. The van der Waals surface area contributed by atoms with Gasteiger partial charge in [0, 0.05) is 12.5 Å². The van der Waals surface area contributed by atoms with Crippen LogP contribution in [0.1, 0.15) is 23.5 Å². The Labute approximate surface area is 164 Å². The normalized spacial score (nSPS) is 17.2. The predicted molar refractivity (Wildman–Crippen MR) is 109 cm³/mol. The maximum atomic E-state index is 13.3. The highest BCUT2D eigenvalue weighted by Crippen LogP contribution is 2.36. The summed E-state index contributed by atoms with van der Waals surface area (Å²) in [5.41, 5.74) is 2.66. The second kappa shape index (κ2) is 7.60. The zero-order valence-corrected chi connectivity index (χ0v) is 16.0. The van der Waals surface area contributed by atoms with Crippen molar-refractivity contribution in [1.82, 2.24) is 4.31 Å². The first-order valence-electron chi connectivity index (χ1n) is 9.16. The van der Waals surface area contributed by atoms with Gasteiger partial charge in [0.15, 0.2) is 0 Å². The van der Waals surface area contributed by atoms with Crippen molar-refractivity contribution in [3.63, 3.8) is 0 Å². The summed E-state index contributed by atoms with van der Waals surface area (Å²) in [5, 5.41) is 0. The second-order valence-corrected chi connectivity index (χ2v) is 8.62. The van der Waals surface area contributed by atoms with Gasteiger partial charge in [-0.1, -0.05) is 66.7 Å². The third kappa shape index (κ3) is 3.58. The van der Waals surface area contributed by atoms with Crippen LogP contribution in [0.3, 0.4) is 0 Å². The Bertz CT molecular complexity index is 1080. The Morgan fingerprint density at radius 1 is 0.821 bits per heavy atom. The van der Waals surface area contributed by atoms with Crippen molar-refractivity contribution in [2.75, 3.05) is 6.54 Å². The van der Waals surface area contributed by atoms with Crippen molar-refractivity contribution in [2.45, 2.75) is 17.2 Å². The fourth-order valence-electron chi connectivity index (χ4n) is 3.53. The minimum atomic E-state index is -3.78. The van der Waals surface area contributed by atoms with E-state index in [1.54, 1.807) is 0 Å². The summed E-state index contributed by atoms with van der Waals surface area (Å²) in [6.07, 6.45) is 2.70. The molecule has 3 nitrogen and oxygen atoms in total. The van der Waals surface area contributed by atoms with Crippen LogP contribution in [0.5, 0.6) is 0 Å². The molecule has 142 valence electrons. The van der Waals surface area contributed by atoms with Gasteiger partial charge < -0.3 is 0 Å². The number of benzene rings is 3. The van der Waals surface area contributed by atoms with E-state index >= 15 is 0 Å². The quantitative estimate of drug-likeness (QED) is 0.622. The van der Waals surface area contributed by atoms with Crippen LogP contribution in [0.15, 0.2) is 95.9 Å². The van der Waals surface area contributed by atoms with Crippen LogP contribution in [0.2, 0.25) is 0 Å². The van der Waals surface area contributed by atoms with E-state index in [2.05, 4.69) is 12.1 Å². The third-order valence-electron chi connectivity index (χ3n) is 4.97. The molecule has 0 bridgehead atoms. The summed E-state index contributed by atoms with van der Waals surface area (Å²) < 4.78 is 41.3. The van der Waals surface area contributed by atoms with Crippen molar-refractivity contribution in [1.29, 1.82) is 0 Å². The topological polar surface area (TPSA) is 37.4 Å². The van der Waals surface area contributed by atoms with Crippen LogP contribution in [-0.4, -0.2) is 19.3 Å². The highest BCUT2D eigenvalue weighted by Gasteiger charge is 2.31. The van der Waals surface area contributed by atoms with Gasteiger partial charge >= 0.3 is 0 Å². The van der Waals surface area contributed by atoms with Gasteiger partial charge in [-0.15, -0.1) is 0 Å². The fraction of sp³-hybridized carbons (Fsp3) is 0.130. The first-order chi connectivity index (χ1) is 13.6. The maximum Gasteiger partial charge on any atom is 0.264 e. The van der Waals surface area contributed by atoms with Gasteiger partial charge in [0.2, 0.25) is 0 Å². The number of sulfonamides is 1. The van der Waals surface area contributed by atoms with Crippen LogP contribution in [0.4, 0.5) is 4.39 Å². The van der Waals surface area contributed by atoms with Crippen molar-refractivity contribution >= 4 is 15.7 Å². The Kier molecular flexibility index (Phi) is 5.01. The van der Waals surface area contributed by atoms with E-state index < -0.39 is 15.8 Å². The van der Waals surface area contributed by atoms with E-state index in [9.17, 15) is 12.8 Å². The molecule has 0 amide bonds. The molecule has 28 heavy (non-hydrogen) atoms. The highest BCUT2D eigenvalue weighted by atomic mass is 32.2. The first-order valence-corrected chi connectivity index (χ1v) is 10.6. The molecule has 4 rings (SSSR count). The van der Waals surface area contributed by atoms with E-state index in [0.29, 0.717) is 18.7 Å². The van der Waals surface area contributed by atoms with Crippen molar-refractivity contribution in [2.24, 2.45) is 0 Å². The van der Waals surface area contributed by atoms with E-state index in [1.807, 2.05) is 54.6 Å². The molecule has 1 aliphatic rings. The monoisotopic (exact) mass is 393 g/mol. The summed E-state index contributed by atoms with van der Waals surface area (Å²) in [5.74, 6) is -0.323. The molecule has 5 heteroatoms. The summed E-state index contributed by atoms with van der Waals surface area (Å²) >= 11 is 0. The molecule has 0 fully saturated rings. The van der Waals surface area contributed by atoms with Crippen LogP contribution in [0, 0.1) is 5.82 Å². The number of rotatable bonds is 4. The van der Waals surface area contributed by atoms with E-state index in [-0.39, 0.29) is 10.8 Å². The summed E-state index contributed by atoms with van der Waals surface area (Å²) in [6.45, 7) is 0.361. The van der Waals surface area contributed by atoms with Gasteiger partial charge in [-0.25, -0.2) is 12.8 Å². The Balaban J connectivity index is 1.79. The number of halogens is 1. The van der Waals surface area contributed by atoms with Gasteiger partial charge in [-0.05, 0) is 41.8 Å². The van der Waals surface area contributed by atoms with E-state index in [1.165, 1.54) is 28.6 Å². The highest BCUT2D eigenvalue weighted by molar-refractivity contribution is 7.89. The zero-order valence-electron chi connectivity index (χ0n) is 15.2. The summed E-state index contributed by atoms with van der Waals surface area (Å²) in [7, 11) is -3.78. The lowest BCUT2D eigenvalue weighted by Crippen LogP contribution is -2.34. The van der Waals surface area contributed by atoms with Crippen molar-refractivity contribution in [3.05, 3.63) is 108 Å². The minimum absolute atomic E-state index is 0.0916. The van der Waals surface area contributed by atoms with E-state index in [0.717, 1.165) is 11.1 Å². The van der Waals surface area contributed by atoms with Crippen LogP contribution < -0.4 is 0 Å². The molecular formula is C23H20FNO2S. The van der Waals surface area contributed by atoms with Gasteiger partial charge in [0.25, 0.3) is 10.0 Å². The van der Waals surface area contributed by atoms with Crippen LogP contribution in [0.25, 0.3) is 5.70 Å². The average Bonchev–Trinajstić information content (AvgIpc) is 2.75. The first kappa shape index (κ1) is 18.4. The summed E-state index contributed by atoms with van der Waals surface area (Å²) in [4.78, 5) is 0.0916. The summed E-state index contributed by atoms with van der Waals surface area (Å²) in [6, 6.07) is 24.6. The Morgan fingerprint density at radius 2 is 1.43 bits per heavy atom. The molecule has 3 aromatic carbocycles. The molecule has 0 aromatic heterocycles. The second-order valence-electron chi connectivity index (χ2n) is 6.75. The molecule has 1 aliphatic heterocycles. The van der Waals surface area contributed by atoms with Crippen LogP contribution in [-0.2, 0) is 10.0 Å². The number of nitrogens with zero attached hydrogens (tertiary/aromatic N) is 1. The largest absolute Gasteiger partial charge is 0.266 e.